The molecule has 1 aromatic heterocycles. The monoisotopic (exact) mass is 336 g/mol. The molecular formula is C21H24N2O2. The molecule has 130 valence electrons. The molecule has 2 aliphatic rings. The average molecular weight is 336 g/mol. The van der Waals surface area contributed by atoms with Gasteiger partial charge in [0.15, 0.2) is 5.78 Å². The van der Waals surface area contributed by atoms with Gasteiger partial charge in [0.1, 0.15) is 12.4 Å². The maximum Gasteiger partial charge on any atom is 0.167 e. The minimum atomic E-state index is 0.114. The number of benzene rings is 1. The van der Waals surface area contributed by atoms with E-state index in [1.165, 1.54) is 19.3 Å². The van der Waals surface area contributed by atoms with E-state index in [0.717, 1.165) is 18.4 Å². The van der Waals surface area contributed by atoms with Crippen molar-refractivity contribution in [2.75, 3.05) is 0 Å². The third-order valence-electron chi connectivity index (χ3n) is 5.33. The van der Waals surface area contributed by atoms with Crippen LogP contribution in [0.5, 0.6) is 5.75 Å². The van der Waals surface area contributed by atoms with Crippen LogP contribution >= 0.6 is 0 Å². The van der Waals surface area contributed by atoms with Crippen molar-refractivity contribution in [2.45, 2.75) is 50.8 Å². The van der Waals surface area contributed by atoms with Gasteiger partial charge in [0.25, 0.3) is 0 Å². The Morgan fingerprint density at radius 1 is 1.12 bits per heavy atom. The molecule has 2 atom stereocenters. The number of ketones is 1. The van der Waals surface area contributed by atoms with Crippen LogP contribution < -0.4 is 10.1 Å². The summed E-state index contributed by atoms with van der Waals surface area (Å²) in [5, 5.41) is 3.65. The van der Waals surface area contributed by atoms with Crippen LogP contribution in [0, 0.1) is 5.92 Å². The number of carbonyl (C=O) groups excluding carboxylic acids is 1. The first-order valence-electron chi connectivity index (χ1n) is 9.20. The van der Waals surface area contributed by atoms with Crippen LogP contribution in [0.15, 0.2) is 48.8 Å². The van der Waals surface area contributed by atoms with Crippen molar-refractivity contribution in [3.8, 4) is 5.75 Å². The van der Waals surface area contributed by atoms with E-state index in [2.05, 4.69) is 10.3 Å². The van der Waals surface area contributed by atoms with Gasteiger partial charge in [0.2, 0.25) is 0 Å². The summed E-state index contributed by atoms with van der Waals surface area (Å²) in [7, 11) is 0. The molecule has 0 aliphatic carbocycles. The fourth-order valence-electron chi connectivity index (χ4n) is 4.09. The number of hydrogen-bond acceptors (Lipinski definition) is 4. The second-order valence-electron chi connectivity index (χ2n) is 7.21. The first-order chi connectivity index (χ1) is 12.3. The summed E-state index contributed by atoms with van der Waals surface area (Å²) in [6, 6.07) is 12.9. The molecule has 0 spiro atoms. The van der Waals surface area contributed by atoms with Crippen LogP contribution in [-0.4, -0.2) is 22.9 Å². The smallest absolute Gasteiger partial charge is 0.167 e. The third-order valence-corrected chi connectivity index (χ3v) is 5.33. The molecule has 0 radical (unpaired) electrons. The highest BCUT2D eigenvalue weighted by Gasteiger charge is 2.35. The average Bonchev–Trinajstić information content (AvgIpc) is 2.66. The molecule has 2 saturated heterocycles. The lowest BCUT2D eigenvalue weighted by Crippen LogP contribution is -2.50. The van der Waals surface area contributed by atoms with Gasteiger partial charge in [-0.3, -0.25) is 9.78 Å². The number of nitrogens with one attached hydrogen (secondary N) is 1. The van der Waals surface area contributed by atoms with Crippen LogP contribution in [0.1, 0.15) is 48.0 Å². The van der Waals surface area contributed by atoms with Crippen molar-refractivity contribution in [2.24, 2.45) is 5.92 Å². The molecule has 2 aromatic rings. The molecule has 25 heavy (non-hydrogen) atoms. The van der Waals surface area contributed by atoms with Crippen LogP contribution in [-0.2, 0) is 6.61 Å². The number of aromatic nitrogens is 1. The van der Waals surface area contributed by atoms with Crippen molar-refractivity contribution >= 4 is 5.78 Å². The first-order valence-corrected chi connectivity index (χ1v) is 9.20. The molecule has 0 amide bonds. The van der Waals surface area contributed by atoms with E-state index in [1.54, 1.807) is 12.4 Å². The van der Waals surface area contributed by atoms with E-state index in [9.17, 15) is 4.79 Å². The minimum Gasteiger partial charge on any atom is -0.487 e. The Hall–Kier alpha value is -2.20. The van der Waals surface area contributed by atoms with Crippen LogP contribution in [0.25, 0.3) is 0 Å². The first kappa shape index (κ1) is 16.3. The van der Waals surface area contributed by atoms with E-state index < -0.39 is 0 Å². The molecule has 2 aliphatic heterocycles. The van der Waals surface area contributed by atoms with E-state index >= 15 is 0 Å². The largest absolute Gasteiger partial charge is 0.487 e. The predicted octanol–water partition coefficient (Wildman–Crippen LogP) is 3.76. The van der Waals surface area contributed by atoms with Gasteiger partial charge >= 0.3 is 0 Å². The third kappa shape index (κ3) is 3.90. The Kier molecular flexibility index (Phi) is 4.79. The normalized spacial score (nSPS) is 25.4. The molecule has 2 unspecified atom stereocenters. The molecule has 4 nitrogen and oxygen atoms in total. The molecule has 1 N–H and O–H groups in total. The Balaban J connectivity index is 1.42. The zero-order valence-corrected chi connectivity index (χ0v) is 14.4. The van der Waals surface area contributed by atoms with Crippen molar-refractivity contribution in [3.63, 3.8) is 0 Å². The summed E-state index contributed by atoms with van der Waals surface area (Å²) in [4.78, 5) is 17.2. The quantitative estimate of drug-likeness (QED) is 0.845. The summed E-state index contributed by atoms with van der Waals surface area (Å²) in [6.07, 6.45) is 8.92. The van der Waals surface area contributed by atoms with E-state index in [0.29, 0.717) is 30.0 Å². The zero-order valence-electron chi connectivity index (χ0n) is 14.4. The maximum absolute atomic E-state index is 12.9. The number of ether oxygens (including phenoxy) is 1. The van der Waals surface area contributed by atoms with Crippen molar-refractivity contribution < 1.29 is 9.53 Å². The Labute approximate surface area is 148 Å². The van der Waals surface area contributed by atoms with E-state index in [4.69, 9.17) is 4.74 Å². The van der Waals surface area contributed by atoms with Crippen LogP contribution in [0.2, 0.25) is 0 Å². The number of Topliss-reactive ketones (excluding diaryl/α,β-unsaturated/α-hetero) is 1. The summed E-state index contributed by atoms with van der Waals surface area (Å²) in [5.41, 5.74) is 1.78. The molecule has 0 saturated carbocycles. The van der Waals surface area contributed by atoms with Crippen LogP contribution in [0.4, 0.5) is 0 Å². The van der Waals surface area contributed by atoms with Crippen molar-refractivity contribution in [1.29, 1.82) is 0 Å². The molecule has 4 heteroatoms. The second kappa shape index (κ2) is 7.36. The van der Waals surface area contributed by atoms with Gasteiger partial charge in [0.05, 0.1) is 6.20 Å². The minimum absolute atomic E-state index is 0.114. The number of hydrogen-bond donors (Lipinski definition) is 1. The van der Waals surface area contributed by atoms with Gasteiger partial charge in [-0.05, 0) is 37.3 Å². The van der Waals surface area contributed by atoms with Crippen molar-refractivity contribution in [1.82, 2.24) is 10.3 Å². The number of nitrogens with zero attached hydrogens (tertiary/aromatic N) is 1. The van der Waals surface area contributed by atoms with Gasteiger partial charge in [-0.15, -0.1) is 0 Å². The lowest BCUT2D eigenvalue weighted by molar-refractivity contribution is 0.0824. The molecule has 1 aromatic carbocycles. The van der Waals surface area contributed by atoms with Crippen molar-refractivity contribution in [3.05, 3.63) is 59.9 Å². The second-order valence-corrected chi connectivity index (χ2v) is 7.21. The molecular weight excluding hydrogens is 312 g/mol. The highest BCUT2D eigenvalue weighted by atomic mass is 16.5. The molecule has 3 heterocycles. The number of fused-ring (bicyclic) bond motifs is 2. The topological polar surface area (TPSA) is 51.2 Å². The predicted molar refractivity (Wildman–Crippen MR) is 96.6 cm³/mol. The fourth-order valence-corrected chi connectivity index (χ4v) is 4.09. The van der Waals surface area contributed by atoms with Gasteiger partial charge in [-0.1, -0.05) is 36.8 Å². The summed E-state index contributed by atoms with van der Waals surface area (Å²) in [6.45, 7) is 0.484. The Morgan fingerprint density at radius 2 is 1.88 bits per heavy atom. The molecule has 4 rings (SSSR count). The SMILES string of the molecule is O=C(c1cncc(OCc2ccccc2)c1)C1CC2CCCC(C1)N2. The number of piperidine rings is 2. The van der Waals surface area contributed by atoms with E-state index in [1.807, 2.05) is 36.4 Å². The number of pyridine rings is 1. The number of carbonyl (C=O) groups is 1. The summed E-state index contributed by atoms with van der Waals surface area (Å²) in [5.74, 6) is 0.989. The van der Waals surface area contributed by atoms with Gasteiger partial charge in [0, 0.05) is 29.8 Å². The Morgan fingerprint density at radius 3 is 2.64 bits per heavy atom. The highest BCUT2D eigenvalue weighted by Crippen LogP contribution is 2.32. The number of rotatable bonds is 5. The zero-order chi connectivity index (χ0) is 17.1. The summed E-state index contributed by atoms with van der Waals surface area (Å²) >= 11 is 0. The maximum atomic E-state index is 12.9. The van der Waals surface area contributed by atoms with E-state index in [-0.39, 0.29) is 11.7 Å². The van der Waals surface area contributed by atoms with Gasteiger partial charge < -0.3 is 10.1 Å². The lowest BCUT2D eigenvalue weighted by Gasteiger charge is -2.39. The lowest BCUT2D eigenvalue weighted by atomic mass is 9.77. The molecule has 2 fully saturated rings. The summed E-state index contributed by atoms with van der Waals surface area (Å²) < 4.78 is 5.82. The standard InChI is InChI=1S/C21H24N2O2/c24-21(16-9-18-7-4-8-19(10-16)23-18)17-11-20(13-22-12-17)25-14-15-5-2-1-3-6-15/h1-3,5-6,11-13,16,18-19,23H,4,7-10,14H2. The van der Waals surface area contributed by atoms with Gasteiger partial charge in [-0.2, -0.15) is 0 Å². The Bertz CT molecular complexity index is 720. The van der Waals surface area contributed by atoms with Gasteiger partial charge in [-0.25, -0.2) is 0 Å². The molecule has 2 bridgehead atoms. The van der Waals surface area contributed by atoms with Crippen LogP contribution in [0.3, 0.4) is 0 Å². The fraction of sp³-hybridized carbons (Fsp3) is 0.429. The highest BCUT2D eigenvalue weighted by molar-refractivity contribution is 5.98.